The molecule has 0 unspecified atom stereocenters. The first-order valence-electron chi connectivity index (χ1n) is 27.6. The number of hydrogen-bond donors (Lipinski definition) is 2. The molecule has 15 heteroatoms. The minimum atomic E-state index is -1.34. The Morgan fingerprint density at radius 1 is 0.352 bits per heavy atom. The molecule has 0 saturated heterocycles. The van der Waals surface area contributed by atoms with Gasteiger partial charge in [0, 0.05) is 54.2 Å². The van der Waals surface area contributed by atoms with Gasteiger partial charge in [-0.15, -0.1) is 0 Å². The van der Waals surface area contributed by atoms with E-state index in [1.54, 1.807) is 54.6 Å². The van der Waals surface area contributed by atoms with Crippen molar-refractivity contribution in [2.24, 2.45) is 0 Å². The van der Waals surface area contributed by atoms with E-state index < -0.39 is 12.9 Å². The summed E-state index contributed by atoms with van der Waals surface area (Å²) in [6, 6.07) is 88.9. The molecule has 0 fully saturated rings. The largest absolute Gasteiger partial charge is 0.488 e. The third-order valence-corrected chi connectivity index (χ3v) is 12.5. The zero-order valence-electron chi connectivity index (χ0n) is 50.9. The molecule has 11 rings (SSSR count). The summed E-state index contributed by atoms with van der Waals surface area (Å²) >= 11 is 12.0. The summed E-state index contributed by atoms with van der Waals surface area (Å²) in [6.45, 7) is 21.8. The Balaban J connectivity index is 0.000000347. The van der Waals surface area contributed by atoms with Crippen LogP contribution in [0.2, 0.25) is 10.0 Å². The van der Waals surface area contributed by atoms with Gasteiger partial charge in [0.2, 0.25) is 21.1 Å². The standard InChI is InChI=1S/C35H24FN.C23H14Cl2FN.C6H7BO2.6C2H3N/c36-35-31(26-15-7-2-8-16-26)21-30(22-32(35)27-17-9-3-10-18-27)34-24-29(25-13-5-1-6-14-25)23-33(37-34)28-19-11-4-12-20-28;24-19-11-18(12-20(25)23(19)26)22-14-17(15-7-3-1-4-8-15)13-21(27-22)16-9-5-2-6-10-16;8-7(9)6-4-2-1-3-5-6;3*1-3-2;3*1-2-3/h1-24H;1-14H;1-5,8-9H;6*1H3. The molecule has 2 N–H and O–H groups in total. The molecule has 0 saturated carbocycles. The van der Waals surface area contributed by atoms with E-state index in [-0.39, 0.29) is 15.9 Å². The number of nitriles is 3. The van der Waals surface area contributed by atoms with E-state index in [2.05, 4.69) is 50.9 Å². The van der Waals surface area contributed by atoms with E-state index in [1.807, 2.05) is 188 Å². The lowest BCUT2D eigenvalue weighted by atomic mass is 9.81. The van der Waals surface area contributed by atoms with Crippen LogP contribution in [0.25, 0.3) is 104 Å². The van der Waals surface area contributed by atoms with Gasteiger partial charge in [-0.05, 0) is 87.4 Å². The molecule has 0 aliphatic carbocycles. The highest BCUT2D eigenvalue weighted by Crippen LogP contribution is 2.39. The van der Waals surface area contributed by atoms with Crippen LogP contribution in [-0.2, 0) is 0 Å². The average Bonchev–Trinajstić information content (AvgIpc) is 0.911. The fourth-order valence-corrected chi connectivity index (χ4v) is 8.71. The summed E-state index contributed by atoms with van der Waals surface area (Å²) in [6.07, 6.45) is 0. The van der Waals surface area contributed by atoms with Gasteiger partial charge in [0.05, 0.1) is 51.0 Å². The van der Waals surface area contributed by atoms with Crippen LogP contribution in [0.1, 0.15) is 20.8 Å². The van der Waals surface area contributed by atoms with Gasteiger partial charge >= 0.3 is 7.12 Å². The van der Waals surface area contributed by atoms with Gasteiger partial charge in [-0.3, -0.25) is 0 Å². The van der Waals surface area contributed by atoms with Crippen LogP contribution in [0.3, 0.4) is 0 Å². The molecular weight excluding hydrogens is 1180 g/mol. The lowest BCUT2D eigenvalue weighted by molar-refractivity contribution is 0.426. The molecule has 0 amide bonds. The highest BCUT2D eigenvalue weighted by Gasteiger charge is 2.18. The van der Waals surface area contributed by atoms with Crippen molar-refractivity contribution in [3.05, 3.63) is 317 Å². The summed E-state index contributed by atoms with van der Waals surface area (Å²) in [5.41, 5.74) is 14.3. The first-order chi connectivity index (χ1) is 44.2. The fourth-order valence-electron chi connectivity index (χ4n) is 8.22. The van der Waals surface area contributed by atoms with Gasteiger partial charge in [0.15, 0.2) is 5.82 Å². The summed E-state index contributed by atoms with van der Waals surface area (Å²) < 4.78 is 29.8. The molecule has 0 radical (unpaired) electrons. The van der Waals surface area contributed by atoms with Crippen molar-refractivity contribution in [2.75, 3.05) is 21.1 Å². The Morgan fingerprint density at radius 3 is 0.824 bits per heavy atom. The quantitative estimate of drug-likeness (QED) is 0.0829. The molecular formula is C76H63BCl2F2N8O2. The second kappa shape index (κ2) is 42.5. The molecule has 2 aromatic heterocycles. The van der Waals surface area contributed by atoms with Crippen LogP contribution < -0.4 is 5.46 Å². The van der Waals surface area contributed by atoms with E-state index >= 15 is 4.39 Å². The van der Waals surface area contributed by atoms with Crippen molar-refractivity contribution in [1.29, 1.82) is 15.8 Å². The maximum atomic E-state index is 16.0. The summed E-state index contributed by atoms with van der Waals surface area (Å²) in [5.74, 6) is -0.853. The maximum absolute atomic E-state index is 16.0. The number of pyridine rings is 2. The lowest BCUT2D eigenvalue weighted by Gasteiger charge is -2.15. The number of hydrogen-bond acceptors (Lipinski definition) is 7. The molecule has 0 aliphatic rings. The number of halogens is 4. The fraction of sp³-hybridized carbons (Fsp3) is 0.0789. The van der Waals surface area contributed by atoms with Crippen LogP contribution >= 0.6 is 23.2 Å². The Morgan fingerprint density at radius 2 is 0.571 bits per heavy atom. The van der Waals surface area contributed by atoms with E-state index in [1.165, 1.54) is 41.9 Å². The summed E-state index contributed by atoms with van der Waals surface area (Å²) in [5, 5.41) is 39.1. The summed E-state index contributed by atoms with van der Waals surface area (Å²) in [4.78, 5) is 18.1. The molecule has 0 spiro atoms. The predicted molar refractivity (Wildman–Crippen MR) is 370 cm³/mol. The molecule has 9 aromatic carbocycles. The van der Waals surface area contributed by atoms with Crippen molar-refractivity contribution in [2.45, 2.75) is 20.8 Å². The van der Waals surface area contributed by atoms with Gasteiger partial charge in [-0.25, -0.2) is 38.5 Å². The van der Waals surface area contributed by atoms with Crippen LogP contribution in [-0.4, -0.2) is 48.3 Å². The third kappa shape index (κ3) is 24.7. The second-order valence-electron chi connectivity index (χ2n) is 18.2. The molecule has 91 heavy (non-hydrogen) atoms. The number of benzene rings is 9. The van der Waals surface area contributed by atoms with Gasteiger partial charge in [0.1, 0.15) is 5.82 Å². The van der Waals surface area contributed by atoms with Crippen LogP contribution in [0.5, 0.6) is 0 Å². The number of rotatable bonds is 9. The Bertz CT molecular complexity index is 3920. The average molecular weight is 1240 g/mol. The lowest BCUT2D eigenvalue weighted by Crippen LogP contribution is -2.29. The Labute approximate surface area is 543 Å². The number of aromatic nitrogens is 2. The van der Waals surface area contributed by atoms with E-state index in [0.717, 1.165) is 67.2 Å². The van der Waals surface area contributed by atoms with Gasteiger partial charge < -0.3 is 24.6 Å². The second-order valence-corrected chi connectivity index (χ2v) is 19.0. The predicted octanol–water partition coefficient (Wildman–Crippen LogP) is 19.6. The van der Waals surface area contributed by atoms with Crippen molar-refractivity contribution >= 4 is 35.8 Å². The maximum Gasteiger partial charge on any atom is 0.488 e. The van der Waals surface area contributed by atoms with Crippen molar-refractivity contribution in [1.82, 2.24) is 9.97 Å². The van der Waals surface area contributed by atoms with Gasteiger partial charge in [0.25, 0.3) is 0 Å². The first kappa shape index (κ1) is 73.9. The molecule has 0 bridgehead atoms. The molecule has 11 aromatic rings. The zero-order chi connectivity index (χ0) is 66.8. The van der Waals surface area contributed by atoms with Crippen molar-refractivity contribution in [3.63, 3.8) is 0 Å². The highest BCUT2D eigenvalue weighted by molar-refractivity contribution is 6.58. The molecule has 2 heterocycles. The molecule has 10 nitrogen and oxygen atoms in total. The Kier molecular flexibility index (Phi) is 34.5. The zero-order valence-corrected chi connectivity index (χ0v) is 52.4. The van der Waals surface area contributed by atoms with E-state index in [4.69, 9.17) is 78.7 Å². The first-order valence-corrected chi connectivity index (χ1v) is 28.4. The minimum absolute atomic E-state index is 0.0225. The van der Waals surface area contributed by atoms with Gasteiger partial charge in [-0.1, -0.05) is 236 Å². The molecule has 450 valence electrons. The molecule has 0 aliphatic heterocycles. The van der Waals surface area contributed by atoms with E-state index in [9.17, 15) is 4.39 Å². The summed E-state index contributed by atoms with van der Waals surface area (Å²) in [7, 11) is 2.91. The third-order valence-electron chi connectivity index (χ3n) is 11.9. The minimum Gasteiger partial charge on any atom is -0.423 e. The van der Waals surface area contributed by atoms with Crippen LogP contribution in [0.15, 0.2) is 261 Å². The van der Waals surface area contributed by atoms with Crippen LogP contribution in [0.4, 0.5) is 8.78 Å². The monoisotopic (exact) mass is 1240 g/mol. The smallest absolute Gasteiger partial charge is 0.423 e. The Hall–Kier alpha value is -11.4. The van der Waals surface area contributed by atoms with Crippen LogP contribution in [0, 0.1) is 65.3 Å². The normalized spacial score (nSPS) is 9.03. The van der Waals surface area contributed by atoms with Crippen molar-refractivity contribution in [3.8, 4) is 108 Å². The highest BCUT2D eigenvalue weighted by atomic mass is 35.5. The van der Waals surface area contributed by atoms with Crippen molar-refractivity contribution < 1.29 is 18.8 Å². The van der Waals surface area contributed by atoms with Gasteiger partial charge in [-0.2, -0.15) is 15.8 Å². The number of nitrogens with zero attached hydrogens (tertiary/aromatic N) is 8. The van der Waals surface area contributed by atoms with E-state index in [0.29, 0.717) is 27.8 Å². The SMILES string of the molecule is CC#N.CC#N.CC#N.Fc1c(-c2ccccc2)cc(-c2cc(-c3ccccc3)cc(-c3ccccc3)n2)cc1-c1ccccc1.Fc1c(Cl)cc(-c2cc(-c3ccccc3)cc(-c3ccccc3)n2)cc1Cl.OB(O)c1ccccc1.[C-]#[N+]C.[C-]#[N+]C.[C-]#[N+]C. The topological polar surface area (TPSA) is 151 Å². The molecule has 0 atom stereocenters.